The minimum absolute atomic E-state index is 0.133. The van der Waals surface area contributed by atoms with Crippen molar-refractivity contribution >= 4 is 23.0 Å². The number of carbonyl (C=O) groups is 1. The number of aryl methyl sites for hydroxylation is 2. The van der Waals surface area contributed by atoms with Gasteiger partial charge in [0.15, 0.2) is 5.12 Å². The molecule has 1 aromatic rings. The van der Waals surface area contributed by atoms with E-state index < -0.39 is 0 Å². The number of nitrogens with zero attached hydrogens (tertiary/aromatic N) is 1. The minimum Gasteiger partial charge on any atom is -0.361 e. The average molecular weight is 211 g/mol. The van der Waals surface area contributed by atoms with Crippen LogP contribution in [0.5, 0.6) is 0 Å². The van der Waals surface area contributed by atoms with Crippen molar-refractivity contribution in [3.05, 3.63) is 23.1 Å². The van der Waals surface area contributed by atoms with E-state index in [2.05, 4.69) is 5.16 Å². The molecule has 0 atom stereocenters. The van der Waals surface area contributed by atoms with E-state index in [1.807, 2.05) is 26.0 Å². The third kappa shape index (κ3) is 3.03. The van der Waals surface area contributed by atoms with Gasteiger partial charge in [-0.3, -0.25) is 4.79 Å². The molecular weight excluding hydrogens is 198 g/mol. The summed E-state index contributed by atoms with van der Waals surface area (Å²) in [5.74, 6) is 1.51. The minimum atomic E-state index is 0.133. The number of aromatic nitrogens is 1. The normalized spacial score (nSPS) is 11.1. The van der Waals surface area contributed by atoms with Gasteiger partial charge < -0.3 is 4.52 Å². The van der Waals surface area contributed by atoms with E-state index in [1.54, 1.807) is 6.92 Å². The van der Waals surface area contributed by atoms with Gasteiger partial charge in [0.25, 0.3) is 0 Å². The molecule has 1 aromatic heterocycles. The van der Waals surface area contributed by atoms with E-state index in [0.717, 1.165) is 17.0 Å². The number of thioether (sulfide) groups is 1. The first-order chi connectivity index (χ1) is 6.61. The van der Waals surface area contributed by atoms with Crippen LogP contribution in [-0.4, -0.2) is 16.0 Å². The first kappa shape index (κ1) is 11.0. The molecule has 0 fully saturated rings. The maximum absolute atomic E-state index is 10.6. The largest absolute Gasteiger partial charge is 0.361 e. The molecular formula is C10H13NO2S. The Morgan fingerprint density at radius 2 is 2.29 bits per heavy atom. The SMILES string of the molecule is CC(=O)SCC=Cc1c(C)noc1C. The van der Waals surface area contributed by atoms with Crippen LogP contribution in [0.2, 0.25) is 0 Å². The lowest BCUT2D eigenvalue weighted by molar-refractivity contribution is -0.109. The molecule has 76 valence electrons. The Morgan fingerprint density at radius 3 is 2.79 bits per heavy atom. The highest BCUT2D eigenvalue weighted by molar-refractivity contribution is 8.13. The van der Waals surface area contributed by atoms with Gasteiger partial charge in [0.2, 0.25) is 0 Å². The molecule has 0 bridgehead atoms. The predicted octanol–water partition coefficient (Wildman–Crippen LogP) is 2.58. The van der Waals surface area contributed by atoms with Crippen LogP contribution in [0.4, 0.5) is 0 Å². The highest BCUT2D eigenvalue weighted by Gasteiger charge is 2.03. The van der Waals surface area contributed by atoms with Crippen molar-refractivity contribution in [2.45, 2.75) is 20.8 Å². The van der Waals surface area contributed by atoms with E-state index in [4.69, 9.17) is 4.52 Å². The Morgan fingerprint density at radius 1 is 1.57 bits per heavy atom. The lowest BCUT2D eigenvalue weighted by atomic mass is 10.2. The molecule has 0 saturated carbocycles. The second-order valence-corrected chi connectivity index (χ2v) is 4.14. The van der Waals surface area contributed by atoms with Crippen LogP contribution in [-0.2, 0) is 4.79 Å². The zero-order valence-electron chi connectivity index (χ0n) is 8.53. The van der Waals surface area contributed by atoms with E-state index in [-0.39, 0.29) is 5.12 Å². The summed E-state index contributed by atoms with van der Waals surface area (Å²) in [6.45, 7) is 5.33. The molecule has 4 heteroatoms. The van der Waals surface area contributed by atoms with Crippen LogP contribution in [0.25, 0.3) is 6.08 Å². The molecule has 0 radical (unpaired) electrons. The summed E-state index contributed by atoms with van der Waals surface area (Å²) in [6, 6.07) is 0. The van der Waals surface area contributed by atoms with Gasteiger partial charge in [-0.1, -0.05) is 29.1 Å². The molecule has 0 unspecified atom stereocenters. The van der Waals surface area contributed by atoms with E-state index in [1.165, 1.54) is 11.8 Å². The second kappa shape index (κ2) is 5.00. The fourth-order valence-electron chi connectivity index (χ4n) is 1.06. The highest BCUT2D eigenvalue weighted by Crippen LogP contribution is 2.14. The Bertz CT molecular complexity index is 336. The van der Waals surface area contributed by atoms with Gasteiger partial charge in [0.05, 0.1) is 5.69 Å². The van der Waals surface area contributed by atoms with Gasteiger partial charge in [0, 0.05) is 18.2 Å². The fraction of sp³-hybridized carbons (Fsp3) is 0.400. The van der Waals surface area contributed by atoms with Gasteiger partial charge in [-0.15, -0.1) is 0 Å². The summed E-state index contributed by atoms with van der Waals surface area (Å²) in [5, 5.41) is 3.96. The molecule has 0 aliphatic rings. The Labute approximate surface area is 87.5 Å². The molecule has 0 aliphatic heterocycles. The number of hydrogen-bond acceptors (Lipinski definition) is 4. The van der Waals surface area contributed by atoms with Gasteiger partial charge in [-0.25, -0.2) is 0 Å². The molecule has 1 rings (SSSR count). The highest BCUT2D eigenvalue weighted by atomic mass is 32.2. The summed E-state index contributed by atoms with van der Waals surface area (Å²) < 4.78 is 5.00. The van der Waals surface area contributed by atoms with Crippen LogP contribution in [0.1, 0.15) is 23.9 Å². The van der Waals surface area contributed by atoms with Crippen molar-refractivity contribution in [3.8, 4) is 0 Å². The van der Waals surface area contributed by atoms with Crippen molar-refractivity contribution < 1.29 is 9.32 Å². The maximum atomic E-state index is 10.6. The van der Waals surface area contributed by atoms with Gasteiger partial charge in [0.1, 0.15) is 5.76 Å². The number of rotatable bonds is 3. The van der Waals surface area contributed by atoms with Gasteiger partial charge >= 0.3 is 0 Å². The van der Waals surface area contributed by atoms with Crippen molar-refractivity contribution in [3.63, 3.8) is 0 Å². The lowest BCUT2D eigenvalue weighted by Gasteiger charge is -1.90. The van der Waals surface area contributed by atoms with E-state index in [9.17, 15) is 4.79 Å². The quantitative estimate of drug-likeness (QED) is 0.770. The molecule has 0 N–H and O–H groups in total. The van der Waals surface area contributed by atoms with Crippen LogP contribution in [0.15, 0.2) is 10.6 Å². The van der Waals surface area contributed by atoms with Crippen LogP contribution in [0, 0.1) is 13.8 Å². The zero-order chi connectivity index (χ0) is 10.6. The van der Waals surface area contributed by atoms with E-state index in [0.29, 0.717) is 5.75 Å². The molecule has 3 nitrogen and oxygen atoms in total. The maximum Gasteiger partial charge on any atom is 0.186 e. The molecule has 0 spiro atoms. The van der Waals surface area contributed by atoms with Gasteiger partial charge in [-0.2, -0.15) is 0 Å². The summed E-state index contributed by atoms with van der Waals surface area (Å²) in [6.07, 6.45) is 3.88. The van der Waals surface area contributed by atoms with Crippen molar-refractivity contribution in [1.82, 2.24) is 5.16 Å². The van der Waals surface area contributed by atoms with Crippen molar-refractivity contribution in [2.75, 3.05) is 5.75 Å². The average Bonchev–Trinajstić information content (AvgIpc) is 2.42. The molecule has 0 aliphatic carbocycles. The summed E-state index contributed by atoms with van der Waals surface area (Å²) in [5.41, 5.74) is 1.89. The van der Waals surface area contributed by atoms with Gasteiger partial charge in [-0.05, 0) is 13.8 Å². The Balaban J connectivity index is 2.55. The predicted molar refractivity (Wildman–Crippen MR) is 58.2 cm³/mol. The first-order valence-electron chi connectivity index (χ1n) is 4.34. The van der Waals surface area contributed by atoms with Crippen molar-refractivity contribution in [2.24, 2.45) is 0 Å². The smallest absolute Gasteiger partial charge is 0.186 e. The number of hydrogen-bond donors (Lipinski definition) is 0. The van der Waals surface area contributed by atoms with Crippen LogP contribution >= 0.6 is 11.8 Å². The summed E-state index contributed by atoms with van der Waals surface area (Å²) >= 11 is 1.29. The summed E-state index contributed by atoms with van der Waals surface area (Å²) in [7, 11) is 0. The lowest BCUT2D eigenvalue weighted by Crippen LogP contribution is -1.82. The number of carbonyl (C=O) groups excluding carboxylic acids is 1. The van der Waals surface area contributed by atoms with Crippen molar-refractivity contribution in [1.29, 1.82) is 0 Å². The fourth-order valence-corrected chi connectivity index (χ4v) is 1.49. The molecule has 0 saturated heterocycles. The molecule has 0 aromatic carbocycles. The molecule has 1 heterocycles. The molecule has 14 heavy (non-hydrogen) atoms. The second-order valence-electron chi connectivity index (χ2n) is 2.94. The van der Waals surface area contributed by atoms with E-state index >= 15 is 0 Å². The monoisotopic (exact) mass is 211 g/mol. The summed E-state index contributed by atoms with van der Waals surface area (Å²) in [4.78, 5) is 10.6. The first-order valence-corrected chi connectivity index (χ1v) is 5.32. The third-order valence-electron chi connectivity index (χ3n) is 1.76. The molecule has 0 amide bonds. The van der Waals surface area contributed by atoms with Crippen LogP contribution < -0.4 is 0 Å². The van der Waals surface area contributed by atoms with Crippen LogP contribution in [0.3, 0.4) is 0 Å². The standard InChI is InChI=1S/C10H13NO2S/c1-7-10(8(2)13-11-7)5-4-6-14-9(3)12/h4-5H,6H2,1-3H3. The Hall–Kier alpha value is -1.03. The zero-order valence-corrected chi connectivity index (χ0v) is 9.35. The third-order valence-corrected chi connectivity index (χ3v) is 2.52. The Kier molecular flexibility index (Phi) is 3.95. The topological polar surface area (TPSA) is 43.1 Å².